The van der Waals surface area contributed by atoms with Crippen LogP contribution in [0.1, 0.15) is 303 Å². The van der Waals surface area contributed by atoms with Crippen LogP contribution in [0, 0.1) is 0 Å². The van der Waals surface area contributed by atoms with Crippen LogP contribution < -0.4 is 0 Å². The van der Waals surface area contributed by atoms with Crippen LogP contribution in [0.2, 0.25) is 0 Å². The van der Waals surface area contributed by atoms with E-state index in [0.717, 1.165) is 128 Å². The van der Waals surface area contributed by atoms with Crippen molar-refractivity contribution in [3.8, 4) is 0 Å². The Labute approximate surface area is 476 Å². The van der Waals surface area contributed by atoms with E-state index in [-0.39, 0.29) is 31.1 Å². The molecule has 0 saturated carbocycles. The first-order chi connectivity index (χ1) is 38.0. The standard InChI is InChI=1S/C71H120O6/c1-4-7-10-13-16-19-22-25-27-29-31-33-34-35-36-38-39-41-43-46-49-52-55-58-61-64-70(73)76-67-68(66-75-69(72)63-60-57-54-51-48-45-24-21-18-15-12-9-6-3)77-71(74)65-62-59-56-53-50-47-44-42-40-37-32-30-28-26-23-20-17-14-11-8-5-2/h8,11,17,20-22,24-26,28-29,31-32,34-35,37,42,44,68H,4-7,9-10,12-16,18-19,23,27,30,33,36,38-41,43,45-67H2,1-3H3/b11-8-,20-17-,24-21-,25-22-,28-26-,31-29-,35-34-,37-32-,44-42-. The molecular formula is C71H120O6. The molecule has 440 valence electrons. The third kappa shape index (κ3) is 62.8. The Kier molecular flexibility index (Phi) is 61.3. The maximum Gasteiger partial charge on any atom is 0.306 e. The number of ether oxygens (including phenoxy) is 3. The van der Waals surface area contributed by atoms with Crippen molar-refractivity contribution in [2.24, 2.45) is 0 Å². The minimum absolute atomic E-state index is 0.0914. The van der Waals surface area contributed by atoms with E-state index in [2.05, 4.69) is 130 Å². The van der Waals surface area contributed by atoms with Gasteiger partial charge in [-0.05, 0) is 128 Å². The Bertz CT molecular complexity index is 1560. The molecule has 0 N–H and O–H groups in total. The molecule has 0 fully saturated rings. The summed E-state index contributed by atoms with van der Waals surface area (Å²) in [5.74, 6) is -0.916. The van der Waals surface area contributed by atoms with Crippen molar-refractivity contribution in [1.82, 2.24) is 0 Å². The smallest absolute Gasteiger partial charge is 0.306 e. The molecule has 0 radical (unpaired) electrons. The van der Waals surface area contributed by atoms with Crippen LogP contribution in [0.3, 0.4) is 0 Å². The van der Waals surface area contributed by atoms with Crippen molar-refractivity contribution < 1.29 is 28.6 Å². The first-order valence-corrected chi connectivity index (χ1v) is 32.4. The fourth-order valence-corrected chi connectivity index (χ4v) is 8.88. The van der Waals surface area contributed by atoms with Gasteiger partial charge in [0, 0.05) is 19.3 Å². The van der Waals surface area contributed by atoms with E-state index in [1.165, 1.54) is 135 Å². The van der Waals surface area contributed by atoms with Crippen molar-refractivity contribution in [2.45, 2.75) is 309 Å². The molecule has 0 amide bonds. The van der Waals surface area contributed by atoms with Gasteiger partial charge >= 0.3 is 17.9 Å². The van der Waals surface area contributed by atoms with Crippen LogP contribution in [0.25, 0.3) is 0 Å². The summed E-state index contributed by atoms with van der Waals surface area (Å²) in [7, 11) is 0. The molecule has 0 aromatic rings. The summed E-state index contributed by atoms with van der Waals surface area (Å²) in [5, 5.41) is 0. The molecule has 0 aliphatic rings. The summed E-state index contributed by atoms with van der Waals surface area (Å²) in [5.41, 5.74) is 0. The lowest BCUT2D eigenvalue weighted by Gasteiger charge is -2.18. The molecule has 0 aliphatic carbocycles. The predicted octanol–water partition coefficient (Wildman–Crippen LogP) is 22.2. The Morgan fingerprint density at radius 2 is 0.506 bits per heavy atom. The Hall–Kier alpha value is -3.93. The third-order valence-corrected chi connectivity index (χ3v) is 13.7. The van der Waals surface area contributed by atoms with Crippen molar-refractivity contribution in [2.75, 3.05) is 13.2 Å². The molecule has 0 saturated heterocycles. The molecule has 0 bridgehead atoms. The number of hydrogen-bond donors (Lipinski definition) is 0. The summed E-state index contributed by atoms with van der Waals surface area (Å²) < 4.78 is 16.9. The van der Waals surface area contributed by atoms with Gasteiger partial charge in [-0.3, -0.25) is 14.4 Å². The summed E-state index contributed by atoms with van der Waals surface area (Å²) in [4.78, 5) is 38.3. The molecule has 0 aromatic carbocycles. The zero-order valence-corrected chi connectivity index (χ0v) is 50.4. The largest absolute Gasteiger partial charge is 0.462 e. The van der Waals surface area contributed by atoms with Gasteiger partial charge < -0.3 is 14.2 Å². The first kappa shape index (κ1) is 73.1. The molecule has 0 aromatic heterocycles. The zero-order valence-electron chi connectivity index (χ0n) is 50.4. The van der Waals surface area contributed by atoms with Crippen LogP contribution in [-0.4, -0.2) is 37.2 Å². The summed E-state index contributed by atoms with van der Waals surface area (Å²) in [6.45, 7) is 6.49. The second-order valence-electron chi connectivity index (χ2n) is 21.3. The van der Waals surface area contributed by atoms with E-state index in [1.54, 1.807) is 0 Å². The Balaban J connectivity index is 4.38. The molecular weight excluding hydrogens is 949 g/mol. The Morgan fingerprint density at radius 1 is 0.273 bits per heavy atom. The number of rotatable bonds is 58. The maximum atomic E-state index is 12.9. The number of esters is 3. The van der Waals surface area contributed by atoms with E-state index in [9.17, 15) is 14.4 Å². The monoisotopic (exact) mass is 1070 g/mol. The molecule has 6 nitrogen and oxygen atoms in total. The van der Waals surface area contributed by atoms with Crippen molar-refractivity contribution >= 4 is 17.9 Å². The SMILES string of the molecule is CC/C=C\C/C=C\C/C=C\C/C=C\C/C=C\CCCCCCCC(=O)OC(COC(=O)CCCCCCC/C=C\CCCCCC)COC(=O)CCCCCCCCCCCC/C=C\C/C=C\C/C=C\CCCCCCC. The second kappa shape index (κ2) is 64.6. The lowest BCUT2D eigenvalue weighted by Crippen LogP contribution is -2.30. The first-order valence-electron chi connectivity index (χ1n) is 32.4. The molecule has 0 spiro atoms. The molecule has 1 atom stereocenters. The Morgan fingerprint density at radius 3 is 0.818 bits per heavy atom. The molecule has 0 heterocycles. The van der Waals surface area contributed by atoms with Crippen LogP contribution in [-0.2, 0) is 28.6 Å². The highest BCUT2D eigenvalue weighted by molar-refractivity contribution is 5.71. The molecule has 6 heteroatoms. The maximum absolute atomic E-state index is 12.9. The minimum Gasteiger partial charge on any atom is -0.462 e. The van der Waals surface area contributed by atoms with Crippen LogP contribution in [0.15, 0.2) is 109 Å². The lowest BCUT2D eigenvalue weighted by atomic mass is 10.1. The van der Waals surface area contributed by atoms with E-state index in [0.29, 0.717) is 19.3 Å². The molecule has 1 unspecified atom stereocenters. The van der Waals surface area contributed by atoms with Gasteiger partial charge in [0.1, 0.15) is 13.2 Å². The highest BCUT2D eigenvalue weighted by Crippen LogP contribution is 2.15. The van der Waals surface area contributed by atoms with Gasteiger partial charge in [-0.1, -0.05) is 265 Å². The second-order valence-corrected chi connectivity index (χ2v) is 21.3. The molecule has 0 aliphatic heterocycles. The van der Waals surface area contributed by atoms with Crippen LogP contribution in [0.5, 0.6) is 0 Å². The number of carbonyl (C=O) groups excluding carboxylic acids is 3. The number of carbonyl (C=O) groups is 3. The average molecular weight is 1070 g/mol. The normalized spacial score (nSPS) is 12.8. The van der Waals surface area contributed by atoms with Gasteiger partial charge in [-0.2, -0.15) is 0 Å². The van der Waals surface area contributed by atoms with E-state index < -0.39 is 6.10 Å². The number of hydrogen-bond acceptors (Lipinski definition) is 6. The van der Waals surface area contributed by atoms with Crippen molar-refractivity contribution in [3.63, 3.8) is 0 Å². The highest BCUT2D eigenvalue weighted by atomic mass is 16.6. The third-order valence-electron chi connectivity index (χ3n) is 13.7. The van der Waals surface area contributed by atoms with Gasteiger partial charge in [-0.15, -0.1) is 0 Å². The fourth-order valence-electron chi connectivity index (χ4n) is 8.88. The summed E-state index contributed by atoms with van der Waals surface area (Å²) in [6.07, 6.45) is 88.0. The van der Waals surface area contributed by atoms with E-state index in [1.807, 2.05) is 0 Å². The quantitative estimate of drug-likeness (QED) is 0.0261. The lowest BCUT2D eigenvalue weighted by molar-refractivity contribution is -0.167. The summed E-state index contributed by atoms with van der Waals surface area (Å²) in [6, 6.07) is 0. The average Bonchev–Trinajstić information content (AvgIpc) is 3.43. The summed E-state index contributed by atoms with van der Waals surface area (Å²) >= 11 is 0. The number of unbranched alkanes of at least 4 members (excludes halogenated alkanes) is 29. The molecule has 77 heavy (non-hydrogen) atoms. The van der Waals surface area contributed by atoms with Crippen LogP contribution in [0.4, 0.5) is 0 Å². The van der Waals surface area contributed by atoms with Gasteiger partial charge in [0.2, 0.25) is 0 Å². The van der Waals surface area contributed by atoms with Gasteiger partial charge in [0.25, 0.3) is 0 Å². The van der Waals surface area contributed by atoms with Crippen molar-refractivity contribution in [1.29, 1.82) is 0 Å². The zero-order chi connectivity index (χ0) is 55.7. The van der Waals surface area contributed by atoms with E-state index in [4.69, 9.17) is 14.2 Å². The van der Waals surface area contributed by atoms with Crippen LogP contribution >= 0.6 is 0 Å². The van der Waals surface area contributed by atoms with Gasteiger partial charge in [0.15, 0.2) is 6.10 Å². The predicted molar refractivity (Wildman–Crippen MR) is 334 cm³/mol. The molecule has 0 rings (SSSR count). The van der Waals surface area contributed by atoms with E-state index >= 15 is 0 Å². The topological polar surface area (TPSA) is 78.9 Å². The van der Waals surface area contributed by atoms with Crippen molar-refractivity contribution in [3.05, 3.63) is 109 Å². The minimum atomic E-state index is -0.797. The highest BCUT2D eigenvalue weighted by Gasteiger charge is 2.19. The number of allylic oxidation sites excluding steroid dienone is 18. The van der Waals surface area contributed by atoms with Gasteiger partial charge in [-0.25, -0.2) is 0 Å². The van der Waals surface area contributed by atoms with Gasteiger partial charge in [0.05, 0.1) is 0 Å². The fraction of sp³-hybridized carbons (Fsp3) is 0.704.